The van der Waals surface area contributed by atoms with Gasteiger partial charge >= 0.3 is 0 Å². The van der Waals surface area contributed by atoms with Crippen LogP contribution in [0.4, 0.5) is 4.39 Å². The molecule has 0 fully saturated rings. The standard InChI is InChI=1S/C15H23BrFN/c1-10(15(2,3)4)8-12(18)9-11-6-5-7-13(17)14(11)16/h5-7,10,12H,8-9,18H2,1-4H3. The number of hydrogen-bond acceptors (Lipinski definition) is 1. The zero-order valence-electron chi connectivity index (χ0n) is 11.6. The molecule has 102 valence electrons. The number of nitrogens with two attached hydrogens (primary N) is 1. The zero-order chi connectivity index (χ0) is 13.9. The van der Waals surface area contributed by atoms with E-state index in [4.69, 9.17) is 5.73 Å². The Morgan fingerprint density at radius 3 is 2.50 bits per heavy atom. The predicted molar refractivity (Wildman–Crippen MR) is 79.0 cm³/mol. The maximum absolute atomic E-state index is 13.4. The molecule has 1 rings (SSSR count). The van der Waals surface area contributed by atoms with E-state index in [1.54, 1.807) is 6.07 Å². The van der Waals surface area contributed by atoms with Gasteiger partial charge in [0.1, 0.15) is 5.82 Å². The van der Waals surface area contributed by atoms with E-state index in [2.05, 4.69) is 43.6 Å². The Balaban J connectivity index is 2.65. The third kappa shape index (κ3) is 4.36. The fraction of sp³-hybridized carbons (Fsp3) is 0.600. The predicted octanol–water partition coefficient (Wildman–Crippen LogP) is 4.53. The van der Waals surface area contributed by atoms with Crippen molar-refractivity contribution in [3.63, 3.8) is 0 Å². The fourth-order valence-electron chi connectivity index (χ4n) is 1.88. The van der Waals surface area contributed by atoms with Crippen LogP contribution in [0.2, 0.25) is 0 Å². The molecule has 2 atom stereocenters. The highest BCUT2D eigenvalue weighted by atomic mass is 79.9. The van der Waals surface area contributed by atoms with Crippen molar-refractivity contribution in [3.05, 3.63) is 34.1 Å². The van der Waals surface area contributed by atoms with Crippen molar-refractivity contribution in [1.29, 1.82) is 0 Å². The third-order valence-electron chi connectivity index (χ3n) is 3.65. The molecule has 1 aromatic carbocycles. The Morgan fingerprint density at radius 1 is 1.33 bits per heavy atom. The van der Waals surface area contributed by atoms with E-state index in [0.29, 0.717) is 16.8 Å². The highest BCUT2D eigenvalue weighted by molar-refractivity contribution is 9.10. The smallest absolute Gasteiger partial charge is 0.137 e. The van der Waals surface area contributed by atoms with Gasteiger partial charge in [0.2, 0.25) is 0 Å². The van der Waals surface area contributed by atoms with Crippen LogP contribution in [0, 0.1) is 17.2 Å². The molecule has 0 bridgehead atoms. The average Bonchev–Trinajstić information content (AvgIpc) is 2.23. The molecular weight excluding hydrogens is 293 g/mol. The largest absolute Gasteiger partial charge is 0.327 e. The van der Waals surface area contributed by atoms with Crippen LogP contribution in [0.1, 0.15) is 39.7 Å². The van der Waals surface area contributed by atoms with E-state index >= 15 is 0 Å². The zero-order valence-corrected chi connectivity index (χ0v) is 13.2. The average molecular weight is 316 g/mol. The summed E-state index contributed by atoms with van der Waals surface area (Å²) in [5.41, 5.74) is 7.39. The first kappa shape index (κ1) is 15.6. The summed E-state index contributed by atoms with van der Waals surface area (Å²) in [6.07, 6.45) is 1.66. The highest BCUT2D eigenvalue weighted by Gasteiger charge is 2.22. The van der Waals surface area contributed by atoms with Crippen LogP contribution in [0.25, 0.3) is 0 Å². The molecule has 2 unspecified atom stereocenters. The molecule has 0 aromatic heterocycles. The molecule has 0 saturated heterocycles. The molecule has 3 heteroatoms. The van der Waals surface area contributed by atoms with Gasteiger partial charge < -0.3 is 5.73 Å². The Kier molecular flexibility index (Phi) is 5.35. The minimum absolute atomic E-state index is 0.0670. The Bertz CT molecular complexity index is 398. The van der Waals surface area contributed by atoms with E-state index in [0.717, 1.165) is 12.0 Å². The van der Waals surface area contributed by atoms with Crippen LogP contribution in [0.15, 0.2) is 22.7 Å². The second-order valence-electron chi connectivity index (χ2n) is 6.18. The van der Waals surface area contributed by atoms with E-state index in [-0.39, 0.29) is 17.3 Å². The lowest BCUT2D eigenvalue weighted by molar-refractivity contribution is 0.233. The third-order valence-corrected chi connectivity index (χ3v) is 4.54. The van der Waals surface area contributed by atoms with Gasteiger partial charge in [-0.2, -0.15) is 0 Å². The molecule has 1 aromatic rings. The topological polar surface area (TPSA) is 26.0 Å². The van der Waals surface area contributed by atoms with Crippen LogP contribution in [-0.2, 0) is 6.42 Å². The quantitative estimate of drug-likeness (QED) is 0.868. The van der Waals surface area contributed by atoms with Crippen LogP contribution in [-0.4, -0.2) is 6.04 Å². The summed E-state index contributed by atoms with van der Waals surface area (Å²) in [4.78, 5) is 0. The number of hydrogen-bond donors (Lipinski definition) is 1. The number of rotatable bonds is 4. The van der Waals surface area contributed by atoms with Gasteiger partial charge in [-0.05, 0) is 51.7 Å². The SMILES string of the molecule is CC(CC(N)Cc1cccc(F)c1Br)C(C)(C)C. The van der Waals surface area contributed by atoms with E-state index in [9.17, 15) is 4.39 Å². The van der Waals surface area contributed by atoms with Crippen LogP contribution in [0.5, 0.6) is 0 Å². The molecule has 0 radical (unpaired) electrons. The van der Waals surface area contributed by atoms with Crippen molar-refractivity contribution in [3.8, 4) is 0 Å². The van der Waals surface area contributed by atoms with Crippen molar-refractivity contribution >= 4 is 15.9 Å². The fourth-order valence-corrected chi connectivity index (χ4v) is 2.31. The summed E-state index contributed by atoms with van der Waals surface area (Å²) in [5, 5.41) is 0. The van der Waals surface area contributed by atoms with E-state index in [1.165, 1.54) is 6.07 Å². The molecule has 0 amide bonds. The molecular formula is C15H23BrFN. The lowest BCUT2D eigenvalue weighted by atomic mass is 9.78. The summed E-state index contributed by atoms with van der Waals surface area (Å²) in [6.45, 7) is 8.90. The first-order valence-electron chi connectivity index (χ1n) is 6.40. The summed E-state index contributed by atoms with van der Waals surface area (Å²) in [5.74, 6) is 0.323. The Labute approximate surface area is 118 Å². The van der Waals surface area contributed by atoms with Crippen molar-refractivity contribution in [1.82, 2.24) is 0 Å². The molecule has 2 N–H and O–H groups in total. The second-order valence-corrected chi connectivity index (χ2v) is 6.97. The van der Waals surface area contributed by atoms with Crippen molar-refractivity contribution in [2.75, 3.05) is 0 Å². The van der Waals surface area contributed by atoms with Crippen LogP contribution < -0.4 is 5.73 Å². The first-order chi connectivity index (χ1) is 8.21. The monoisotopic (exact) mass is 315 g/mol. The number of benzene rings is 1. The van der Waals surface area contributed by atoms with Gasteiger partial charge in [-0.25, -0.2) is 4.39 Å². The van der Waals surface area contributed by atoms with Crippen LogP contribution in [0.3, 0.4) is 0 Å². The molecule has 0 heterocycles. The Hall–Kier alpha value is -0.410. The van der Waals surface area contributed by atoms with E-state index in [1.807, 2.05) is 6.07 Å². The molecule has 0 aliphatic rings. The summed E-state index contributed by atoms with van der Waals surface area (Å²) < 4.78 is 13.9. The lowest BCUT2D eigenvalue weighted by Crippen LogP contribution is -2.30. The molecule has 0 saturated carbocycles. The highest BCUT2D eigenvalue weighted by Crippen LogP contribution is 2.30. The molecule has 0 spiro atoms. The van der Waals surface area contributed by atoms with Crippen molar-refractivity contribution in [2.45, 2.75) is 46.6 Å². The maximum atomic E-state index is 13.4. The molecule has 0 aliphatic heterocycles. The van der Waals surface area contributed by atoms with Gasteiger partial charge in [0.05, 0.1) is 4.47 Å². The molecule has 1 nitrogen and oxygen atoms in total. The van der Waals surface area contributed by atoms with Gasteiger partial charge in [-0.3, -0.25) is 0 Å². The van der Waals surface area contributed by atoms with Crippen molar-refractivity contribution in [2.24, 2.45) is 17.1 Å². The van der Waals surface area contributed by atoms with Crippen LogP contribution >= 0.6 is 15.9 Å². The van der Waals surface area contributed by atoms with Gasteiger partial charge in [0.15, 0.2) is 0 Å². The summed E-state index contributed by atoms with van der Waals surface area (Å²) in [6, 6.07) is 5.18. The number of halogens is 2. The Morgan fingerprint density at radius 2 is 1.94 bits per heavy atom. The molecule has 0 aliphatic carbocycles. The normalized spacial score (nSPS) is 15.5. The van der Waals surface area contributed by atoms with Crippen molar-refractivity contribution < 1.29 is 4.39 Å². The second kappa shape index (κ2) is 6.16. The van der Waals surface area contributed by atoms with Gasteiger partial charge in [0.25, 0.3) is 0 Å². The minimum atomic E-state index is -0.219. The summed E-state index contributed by atoms with van der Waals surface area (Å²) >= 11 is 3.28. The minimum Gasteiger partial charge on any atom is -0.327 e. The van der Waals surface area contributed by atoms with E-state index < -0.39 is 0 Å². The van der Waals surface area contributed by atoms with Gasteiger partial charge in [0, 0.05) is 6.04 Å². The maximum Gasteiger partial charge on any atom is 0.137 e. The lowest BCUT2D eigenvalue weighted by Gasteiger charge is -2.29. The molecule has 18 heavy (non-hydrogen) atoms. The van der Waals surface area contributed by atoms with Gasteiger partial charge in [-0.15, -0.1) is 0 Å². The first-order valence-corrected chi connectivity index (χ1v) is 7.19. The summed E-state index contributed by atoms with van der Waals surface area (Å²) in [7, 11) is 0. The van der Waals surface area contributed by atoms with Gasteiger partial charge in [-0.1, -0.05) is 39.8 Å².